The van der Waals surface area contributed by atoms with E-state index in [-0.39, 0.29) is 5.48 Å². The Morgan fingerprint density at radius 1 is 0.333 bits per heavy atom. The van der Waals surface area contributed by atoms with Gasteiger partial charge in [-0.1, -0.05) is 97.1 Å². The van der Waals surface area contributed by atoms with Crippen LogP contribution in [0.4, 0.5) is 34.1 Å². The maximum atomic E-state index is 7.00. The summed E-state index contributed by atoms with van der Waals surface area (Å²) in [6.07, 6.45) is 0.883. The number of hydrogen-bond donors (Lipinski definition) is 1. The van der Waals surface area contributed by atoms with Crippen LogP contribution in [0.15, 0.2) is 170 Å². The van der Waals surface area contributed by atoms with Gasteiger partial charge in [0.2, 0.25) is 0 Å². The van der Waals surface area contributed by atoms with Crippen molar-refractivity contribution in [1.82, 2.24) is 0 Å². The third-order valence-electron chi connectivity index (χ3n) is 6.85. The van der Waals surface area contributed by atoms with E-state index in [0.717, 1.165) is 47.7 Å². The molecule has 0 amide bonds. The first-order valence-electron chi connectivity index (χ1n) is 13.8. The second-order valence-electron chi connectivity index (χ2n) is 9.52. The lowest BCUT2D eigenvalue weighted by Crippen LogP contribution is -2.10. The Kier molecular flexibility index (Phi) is 10.7. The first-order chi connectivity index (χ1) is 20.3. The maximum absolute atomic E-state index is 7.00. The van der Waals surface area contributed by atoms with Crippen LogP contribution in [0.2, 0.25) is 0 Å². The van der Waals surface area contributed by atoms with Gasteiger partial charge in [-0.25, -0.2) is 0 Å². The van der Waals surface area contributed by atoms with Crippen LogP contribution in [0.3, 0.4) is 0 Å². The van der Waals surface area contributed by atoms with Crippen molar-refractivity contribution in [2.24, 2.45) is 0 Å². The molecular formula is C38H36N2O2. The van der Waals surface area contributed by atoms with Gasteiger partial charge in [0.05, 0.1) is 0 Å². The molecule has 0 saturated carbocycles. The molecule has 0 aliphatic carbocycles. The summed E-state index contributed by atoms with van der Waals surface area (Å²) >= 11 is 0. The average molecular weight is 553 g/mol. The molecule has 0 aromatic heterocycles. The summed E-state index contributed by atoms with van der Waals surface area (Å²) in [4.78, 5) is 4.58. The Labute approximate surface area is 248 Å². The quantitative estimate of drug-likeness (QED) is 0.205. The van der Waals surface area contributed by atoms with E-state index in [1.807, 2.05) is 0 Å². The van der Waals surface area contributed by atoms with Gasteiger partial charge >= 0.3 is 0 Å². The molecule has 3 N–H and O–H groups in total. The molecule has 0 fully saturated rings. The number of aliphatic hydroxyl groups excluding tert-OH is 1. The third kappa shape index (κ3) is 7.12. The van der Waals surface area contributed by atoms with Crippen molar-refractivity contribution in [2.45, 2.75) is 6.42 Å². The van der Waals surface area contributed by atoms with Crippen molar-refractivity contribution in [3.8, 4) is 0 Å². The molecule has 6 aromatic rings. The Morgan fingerprint density at radius 2 is 0.548 bits per heavy atom. The van der Waals surface area contributed by atoms with Crippen molar-refractivity contribution < 1.29 is 10.6 Å². The molecule has 0 radical (unpaired) electrons. The van der Waals surface area contributed by atoms with Gasteiger partial charge in [0.25, 0.3) is 0 Å². The summed E-state index contributed by atoms with van der Waals surface area (Å²) in [6, 6.07) is 59.9. The van der Waals surface area contributed by atoms with E-state index in [1.165, 1.54) is 11.1 Å². The molecule has 0 saturated heterocycles. The van der Waals surface area contributed by atoms with Crippen molar-refractivity contribution in [2.75, 3.05) is 16.9 Å². The number of rotatable bonds is 8. The van der Waals surface area contributed by atoms with Crippen LogP contribution in [0.5, 0.6) is 0 Å². The molecule has 6 rings (SSSR count). The van der Waals surface area contributed by atoms with Gasteiger partial charge in [-0.2, -0.15) is 0 Å². The highest BCUT2D eigenvalue weighted by atomic mass is 16.2. The Balaban J connectivity index is 0.00000132. The van der Waals surface area contributed by atoms with Crippen LogP contribution in [0.25, 0.3) is 0 Å². The molecule has 4 nitrogen and oxygen atoms in total. The Hall–Kier alpha value is -5.16. The van der Waals surface area contributed by atoms with Gasteiger partial charge in [0, 0.05) is 41.2 Å². The molecular weight excluding hydrogens is 516 g/mol. The summed E-state index contributed by atoms with van der Waals surface area (Å²) in [7, 11) is 1.00. The molecule has 0 unspecified atom stereocenters. The predicted octanol–water partition coefficient (Wildman–Crippen LogP) is 9.00. The van der Waals surface area contributed by atoms with Crippen LogP contribution < -0.4 is 9.80 Å². The topological polar surface area (TPSA) is 58.2 Å². The Bertz CT molecular complexity index is 1390. The fraction of sp³-hybridized carbons (Fsp3) is 0.0526. The Morgan fingerprint density at radius 3 is 0.786 bits per heavy atom. The van der Waals surface area contributed by atoms with Gasteiger partial charge in [0.15, 0.2) is 0 Å². The fourth-order valence-corrected chi connectivity index (χ4v) is 4.96. The van der Waals surface area contributed by atoms with E-state index in [2.05, 4.69) is 180 Å². The van der Waals surface area contributed by atoms with Gasteiger partial charge in [-0.3, -0.25) is 0 Å². The van der Waals surface area contributed by atoms with E-state index in [9.17, 15) is 0 Å². The largest absolute Gasteiger partial charge is 0.412 e. The molecule has 4 heteroatoms. The molecule has 0 spiro atoms. The third-order valence-corrected chi connectivity index (χ3v) is 6.85. The molecule has 42 heavy (non-hydrogen) atoms. The highest BCUT2D eigenvalue weighted by Gasteiger charge is 2.13. The summed E-state index contributed by atoms with van der Waals surface area (Å²) in [5.74, 6) is 0. The van der Waals surface area contributed by atoms with Gasteiger partial charge in [0.1, 0.15) is 0 Å². The standard InChI is InChI=1S/C37H30N2.CH4O.H2O/c1-5-13-32(14-6-1)38(33-15-7-2-8-16-33)36-25-21-30(22-26-36)29-31-23-27-37(28-24-31)39(34-17-9-3-10-18-34)35-19-11-4-12-20-35;1-2;/h1-28H,29H2;2H,1H3;1H2. The molecule has 0 bridgehead atoms. The number of para-hydroxylation sites is 4. The van der Waals surface area contributed by atoms with E-state index in [0.29, 0.717) is 0 Å². The molecule has 0 heterocycles. The van der Waals surface area contributed by atoms with E-state index in [4.69, 9.17) is 5.11 Å². The summed E-state index contributed by atoms with van der Waals surface area (Å²) in [5, 5.41) is 7.00. The molecule has 210 valence electrons. The highest BCUT2D eigenvalue weighted by Crippen LogP contribution is 2.36. The zero-order chi connectivity index (χ0) is 28.3. The highest BCUT2D eigenvalue weighted by molar-refractivity contribution is 5.77. The number of benzene rings is 6. The zero-order valence-electron chi connectivity index (χ0n) is 23.7. The summed E-state index contributed by atoms with van der Waals surface area (Å²) in [5.41, 5.74) is 9.45. The lowest BCUT2D eigenvalue weighted by atomic mass is 10.0. The van der Waals surface area contributed by atoms with E-state index in [1.54, 1.807) is 0 Å². The van der Waals surface area contributed by atoms with E-state index >= 15 is 0 Å². The van der Waals surface area contributed by atoms with E-state index < -0.39 is 0 Å². The minimum atomic E-state index is 0. The first-order valence-corrected chi connectivity index (χ1v) is 13.8. The van der Waals surface area contributed by atoms with Gasteiger partial charge in [-0.15, -0.1) is 0 Å². The number of nitrogens with zero attached hydrogens (tertiary/aromatic N) is 2. The monoisotopic (exact) mass is 552 g/mol. The smallest absolute Gasteiger partial charge is 0.0461 e. The zero-order valence-corrected chi connectivity index (χ0v) is 23.7. The minimum absolute atomic E-state index is 0. The van der Waals surface area contributed by atoms with Crippen molar-refractivity contribution in [3.63, 3.8) is 0 Å². The van der Waals surface area contributed by atoms with Crippen molar-refractivity contribution in [3.05, 3.63) is 181 Å². The van der Waals surface area contributed by atoms with Crippen LogP contribution >= 0.6 is 0 Å². The summed E-state index contributed by atoms with van der Waals surface area (Å²) in [6.45, 7) is 0. The summed E-state index contributed by atoms with van der Waals surface area (Å²) < 4.78 is 0. The lowest BCUT2D eigenvalue weighted by Gasteiger charge is -2.26. The molecule has 0 aliphatic rings. The number of anilines is 6. The second kappa shape index (κ2) is 15.0. The first kappa shape index (κ1) is 29.8. The van der Waals surface area contributed by atoms with Gasteiger partial charge in [-0.05, 0) is 90.3 Å². The van der Waals surface area contributed by atoms with Crippen LogP contribution in [0.1, 0.15) is 11.1 Å². The van der Waals surface area contributed by atoms with Crippen LogP contribution in [-0.2, 0) is 6.42 Å². The SMILES string of the molecule is CO.O.c1ccc(N(c2ccccc2)c2ccc(Cc3ccc(N(c4ccccc4)c4ccccc4)cc3)cc2)cc1. The van der Waals surface area contributed by atoms with Gasteiger partial charge < -0.3 is 20.4 Å². The minimum Gasteiger partial charge on any atom is -0.412 e. The van der Waals surface area contributed by atoms with Crippen LogP contribution in [-0.4, -0.2) is 17.7 Å². The predicted molar refractivity (Wildman–Crippen MR) is 177 cm³/mol. The molecule has 6 aromatic carbocycles. The normalized spacial score (nSPS) is 10.0. The number of aliphatic hydroxyl groups is 1. The lowest BCUT2D eigenvalue weighted by molar-refractivity contribution is 0.399. The van der Waals surface area contributed by atoms with Crippen molar-refractivity contribution in [1.29, 1.82) is 0 Å². The second-order valence-corrected chi connectivity index (χ2v) is 9.52. The fourth-order valence-electron chi connectivity index (χ4n) is 4.96. The van der Waals surface area contributed by atoms with Crippen LogP contribution in [0, 0.1) is 0 Å². The average Bonchev–Trinajstić information content (AvgIpc) is 3.06. The maximum Gasteiger partial charge on any atom is 0.0461 e. The molecule has 0 aliphatic heterocycles. The molecule has 0 atom stereocenters. The van der Waals surface area contributed by atoms with Crippen molar-refractivity contribution >= 4 is 34.1 Å². The number of hydrogen-bond acceptors (Lipinski definition) is 3.